The molecule has 0 fully saturated rings. The highest BCUT2D eigenvalue weighted by atomic mass is 19.1. The van der Waals surface area contributed by atoms with E-state index in [2.05, 4.69) is 31.9 Å². The van der Waals surface area contributed by atoms with Crippen LogP contribution >= 0.6 is 0 Å². The number of fused-ring (bicyclic) bond motifs is 1. The Morgan fingerprint density at radius 1 is 1.55 bits per heavy atom. The van der Waals surface area contributed by atoms with Gasteiger partial charge in [-0.2, -0.15) is 0 Å². The smallest absolute Gasteiger partial charge is 0.413 e. The van der Waals surface area contributed by atoms with Crippen molar-refractivity contribution >= 4 is 23.5 Å². The van der Waals surface area contributed by atoms with Gasteiger partial charge in [-0.25, -0.2) is 18.9 Å². The number of nitrogens with one attached hydrogen (secondary N) is 2. The lowest BCUT2D eigenvalue weighted by Gasteiger charge is -2.17. The number of nitrogens with zero attached hydrogens (tertiary/aromatic N) is 4. The first-order valence-electron chi connectivity index (χ1n) is 9.13. The lowest BCUT2D eigenvalue weighted by Crippen LogP contribution is -2.26. The molecule has 0 unspecified atom stereocenters. The highest BCUT2D eigenvalue weighted by molar-refractivity contribution is 5.95. The van der Waals surface area contributed by atoms with E-state index in [1.54, 1.807) is 32.2 Å². The molecule has 11 heteroatoms. The highest BCUT2D eigenvalue weighted by Crippen LogP contribution is 2.31. The summed E-state index contributed by atoms with van der Waals surface area (Å²) < 4.78 is 25.3. The lowest BCUT2D eigenvalue weighted by molar-refractivity contribution is -0.118. The fraction of sp³-hybridized carbons (Fsp3) is 0.250. The zero-order valence-electron chi connectivity index (χ0n) is 16.8. The number of alkyl halides is 1. The van der Waals surface area contributed by atoms with Gasteiger partial charge in [0, 0.05) is 7.05 Å². The van der Waals surface area contributed by atoms with E-state index in [1.807, 2.05) is 0 Å². The maximum Gasteiger partial charge on any atom is 0.413 e. The molecule has 0 spiro atoms. The van der Waals surface area contributed by atoms with Gasteiger partial charge in [-0.3, -0.25) is 10.1 Å². The average Bonchev–Trinajstić information content (AvgIpc) is 3.12. The van der Waals surface area contributed by atoms with E-state index in [9.17, 15) is 14.0 Å². The van der Waals surface area contributed by atoms with Crippen LogP contribution in [0.25, 0.3) is 11.4 Å². The highest BCUT2D eigenvalue weighted by Gasteiger charge is 2.23. The molecular formula is C20H19FN6O4. The van der Waals surface area contributed by atoms with Crippen LogP contribution in [0, 0.1) is 12.3 Å². The standard InChI is InChI=1S/C20H19FN6O4/c1-4-6-7-12(5-2)15(10-21)31-20(29)24-18-17(25-26-27(18)3)13-8-9-14-19(23-13)30-11-16(28)22-14/h1,5-9,15H,10-11H2,2-3H3,(H,22,28)(H,24,29)/b7-6-,12-5+/t15-/m1/s1. The molecule has 0 aromatic carbocycles. The number of allylic oxidation sites excluding steroid dienone is 2. The van der Waals surface area contributed by atoms with Crippen LogP contribution in [0.4, 0.5) is 20.7 Å². The summed E-state index contributed by atoms with van der Waals surface area (Å²) in [6.45, 7) is 0.580. The van der Waals surface area contributed by atoms with Crippen LogP contribution in [0.15, 0.2) is 35.9 Å². The molecule has 2 aromatic rings. The van der Waals surface area contributed by atoms with Gasteiger partial charge in [0.25, 0.3) is 5.91 Å². The number of hydrogen-bond donors (Lipinski definition) is 2. The number of amides is 2. The van der Waals surface area contributed by atoms with E-state index in [-0.39, 0.29) is 29.9 Å². The fourth-order valence-corrected chi connectivity index (χ4v) is 2.75. The summed E-state index contributed by atoms with van der Waals surface area (Å²) in [4.78, 5) is 28.1. The van der Waals surface area contributed by atoms with Crippen molar-refractivity contribution in [1.82, 2.24) is 20.0 Å². The van der Waals surface area contributed by atoms with Crippen LogP contribution in [0.3, 0.4) is 0 Å². The van der Waals surface area contributed by atoms with Crippen LogP contribution in [-0.2, 0) is 16.6 Å². The normalized spacial score (nSPS) is 14.3. The van der Waals surface area contributed by atoms with Gasteiger partial charge in [-0.15, -0.1) is 11.5 Å². The third-order valence-corrected chi connectivity index (χ3v) is 4.23. The third-order valence-electron chi connectivity index (χ3n) is 4.23. The molecule has 2 N–H and O–H groups in total. The van der Waals surface area contributed by atoms with Crippen molar-refractivity contribution in [2.45, 2.75) is 13.0 Å². The lowest BCUT2D eigenvalue weighted by atomic mass is 10.1. The van der Waals surface area contributed by atoms with E-state index < -0.39 is 18.9 Å². The number of terminal acetylenes is 1. The molecule has 2 amide bonds. The van der Waals surface area contributed by atoms with Crippen LogP contribution in [0.5, 0.6) is 5.88 Å². The van der Waals surface area contributed by atoms with Crippen LogP contribution in [0.2, 0.25) is 0 Å². The van der Waals surface area contributed by atoms with Crippen molar-refractivity contribution in [3.05, 3.63) is 35.9 Å². The van der Waals surface area contributed by atoms with Gasteiger partial charge < -0.3 is 14.8 Å². The third kappa shape index (κ3) is 4.87. The first-order chi connectivity index (χ1) is 15.0. The minimum Gasteiger partial charge on any atom is -0.466 e. The van der Waals surface area contributed by atoms with Crippen LogP contribution in [0.1, 0.15) is 6.92 Å². The number of hydrogen-bond acceptors (Lipinski definition) is 7. The summed E-state index contributed by atoms with van der Waals surface area (Å²) in [5.41, 5.74) is 1.40. The number of halogens is 1. The van der Waals surface area contributed by atoms with Gasteiger partial charge in [0.15, 0.2) is 24.2 Å². The van der Waals surface area contributed by atoms with Gasteiger partial charge >= 0.3 is 6.09 Å². The molecule has 3 heterocycles. The minimum atomic E-state index is -1.14. The first-order valence-corrected chi connectivity index (χ1v) is 9.13. The quantitative estimate of drug-likeness (QED) is 0.537. The number of anilines is 2. The molecule has 1 aliphatic rings. The Kier molecular flexibility index (Phi) is 6.61. The Bertz CT molecular complexity index is 1100. The van der Waals surface area contributed by atoms with E-state index in [0.29, 0.717) is 17.0 Å². The summed E-state index contributed by atoms with van der Waals surface area (Å²) in [7, 11) is 1.56. The van der Waals surface area contributed by atoms with Gasteiger partial charge in [0.05, 0.1) is 5.69 Å². The number of carbonyl (C=O) groups is 2. The summed E-state index contributed by atoms with van der Waals surface area (Å²) >= 11 is 0. The molecule has 0 aliphatic carbocycles. The molecule has 0 bridgehead atoms. The number of aromatic nitrogens is 4. The van der Waals surface area contributed by atoms with Crippen molar-refractivity contribution in [1.29, 1.82) is 0 Å². The Morgan fingerprint density at radius 2 is 2.35 bits per heavy atom. The first kappa shape index (κ1) is 21.5. The second-order valence-corrected chi connectivity index (χ2v) is 6.26. The molecule has 31 heavy (non-hydrogen) atoms. The second-order valence-electron chi connectivity index (χ2n) is 6.26. The monoisotopic (exact) mass is 426 g/mol. The zero-order valence-corrected chi connectivity index (χ0v) is 16.8. The number of carbonyl (C=O) groups excluding carboxylic acids is 2. The van der Waals surface area contributed by atoms with Gasteiger partial charge in [-0.1, -0.05) is 17.2 Å². The molecule has 0 saturated heterocycles. The zero-order chi connectivity index (χ0) is 22.4. The summed E-state index contributed by atoms with van der Waals surface area (Å²) in [5, 5.41) is 13.0. The van der Waals surface area contributed by atoms with E-state index >= 15 is 0 Å². The Hall–Kier alpha value is -4.20. The fourth-order valence-electron chi connectivity index (χ4n) is 2.75. The van der Waals surface area contributed by atoms with E-state index in [0.717, 1.165) is 0 Å². The Morgan fingerprint density at radius 3 is 3.06 bits per heavy atom. The summed E-state index contributed by atoms with van der Waals surface area (Å²) in [5.74, 6) is 2.40. The second kappa shape index (κ2) is 9.53. The molecule has 1 atom stereocenters. The van der Waals surface area contributed by atoms with Gasteiger partial charge in [0.2, 0.25) is 5.88 Å². The topological polar surface area (TPSA) is 120 Å². The summed E-state index contributed by atoms with van der Waals surface area (Å²) in [6.07, 6.45) is 7.59. The molecule has 0 saturated carbocycles. The number of pyridine rings is 1. The molecule has 1 aliphatic heterocycles. The molecule has 10 nitrogen and oxygen atoms in total. The molecular weight excluding hydrogens is 407 g/mol. The van der Waals surface area contributed by atoms with Gasteiger partial charge in [-0.05, 0) is 36.8 Å². The van der Waals surface area contributed by atoms with E-state index in [4.69, 9.17) is 15.9 Å². The maximum absolute atomic E-state index is 13.5. The molecule has 160 valence electrons. The molecule has 3 rings (SSSR count). The predicted molar refractivity (Wildman–Crippen MR) is 110 cm³/mol. The minimum absolute atomic E-state index is 0.159. The predicted octanol–water partition coefficient (Wildman–Crippen LogP) is 2.23. The maximum atomic E-state index is 13.5. The van der Waals surface area contributed by atoms with Gasteiger partial charge in [0.1, 0.15) is 12.4 Å². The van der Waals surface area contributed by atoms with Crippen molar-refractivity contribution in [3.8, 4) is 29.6 Å². The number of ether oxygens (including phenoxy) is 2. The molecule has 0 radical (unpaired) electrons. The molecule has 2 aromatic heterocycles. The number of aryl methyl sites for hydroxylation is 1. The van der Waals surface area contributed by atoms with Crippen molar-refractivity contribution in [2.75, 3.05) is 23.9 Å². The Balaban J connectivity index is 1.80. The van der Waals surface area contributed by atoms with Crippen LogP contribution < -0.4 is 15.4 Å². The van der Waals surface area contributed by atoms with Crippen molar-refractivity contribution in [3.63, 3.8) is 0 Å². The SMILES string of the molecule is C#C/C=C\C(=C/C)[C@@H](CF)OC(=O)Nc1c(-c2ccc3c(n2)OCC(=O)N3)nnn1C. The van der Waals surface area contributed by atoms with Crippen molar-refractivity contribution < 1.29 is 23.5 Å². The largest absolute Gasteiger partial charge is 0.466 e. The number of rotatable bonds is 6. The summed E-state index contributed by atoms with van der Waals surface area (Å²) in [6, 6.07) is 3.18. The van der Waals surface area contributed by atoms with Crippen molar-refractivity contribution in [2.24, 2.45) is 7.05 Å². The average molecular weight is 426 g/mol. The Labute approximate surface area is 177 Å². The van der Waals surface area contributed by atoms with E-state index in [1.165, 1.54) is 16.8 Å². The van der Waals surface area contributed by atoms with Crippen LogP contribution in [-0.4, -0.2) is 51.4 Å².